The van der Waals surface area contributed by atoms with E-state index in [0.29, 0.717) is 0 Å². The van der Waals surface area contributed by atoms with E-state index in [1.807, 2.05) is 11.4 Å². The number of ether oxygens (including phenoxy) is 1. The highest BCUT2D eigenvalue weighted by Gasteiger charge is 1.99. The van der Waals surface area contributed by atoms with Gasteiger partial charge in [-0.25, -0.2) is 0 Å². The Balaban J connectivity index is 3.21. The molecule has 0 aliphatic carbocycles. The lowest BCUT2D eigenvalue weighted by Crippen LogP contribution is -2.13. The summed E-state index contributed by atoms with van der Waals surface area (Å²) in [5.74, 6) is 0. The highest BCUT2D eigenvalue weighted by molar-refractivity contribution is 6.62. The zero-order valence-corrected chi connectivity index (χ0v) is 8.24. The standard InChI is InChI=1S/C8H16O2Si/c1-4-11(5-2)10-8-6-7-9-3/h4-5,11H,1-2,6-8H2,3H3. The van der Waals surface area contributed by atoms with Crippen molar-refractivity contribution in [1.29, 1.82) is 0 Å². The van der Waals surface area contributed by atoms with Crippen LogP contribution in [0.5, 0.6) is 0 Å². The van der Waals surface area contributed by atoms with Gasteiger partial charge in [0.15, 0.2) is 0 Å². The molecule has 0 heterocycles. The molecule has 0 saturated carbocycles. The van der Waals surface area contributed by atoms with Crippen LogP contribution in [0.15, 0.2) is 24.6 Å². The van der Waals surface area contributed by atoms with E-state index in [2.05, 4.69) is 13.2 Å². The first-order valence-electron chi connectivity index (χ1n) is 3.70. The van der Waals surface area contributed by atoms with Crippen LogP contribution in [-0.4, -0.2) is 29.4 Å². The first-order valence-corrected chi connectivity index (χ1v) is 5.51. The number of methoxy groups -OCH3 is 1. The Bertz CT molecular complexity index is 107. The normalized spacial score (nSPS) is 10.0. The summed E-state index contributed by atoms with van der Waals surface area (Å²) in [6.07, 6.45) is 0.946. The second-order valence-electron chi connectivity index (χ2n) is 2.15. The van der Waals surface area contributed by atoms with Gasteiger partial charge in [-0.2, -0.15) is 0 Å². The summed E-state index contributed by atoms with van der Waals surface area (Å²) < 4.78 is 10.3. The van der Waals surface area contributed by atoms with Gasteiger partial charge in [0, 0.05) is 20.3 Å². The fourth-order valence-corrected chi connectivity index (χ4v) is 1.56. The van der Waals surface area contributed by atoms with Crippen LogP contribution in [0.4, 0.5) is 0 Å². The van der Waals surface area contributed by atoms with Crippen molar-refractivity contribution < 1.29 is 9.16 Å². The minimum Gasteiger partial charge on any atom is -0.412 e. The summed E-state index contributed by atoms with van der Waals surface area (Å²) in [5.41, 5.74) is 3.72. The topological polar surface area (TPSA) is 18.5 Å². The summed E-state index contributed by atoms with van der Waals surface area (Å²) >= 11 is 0. The summed E-state index contributed by atoms with van der Waals surface area (Å²) in [6.45, 7) is 8.84. The van der Waals surface area contributed by atoms with Gasteiger partial charge in [0.1, 0.15) is 0 Å². The summed E-state index contributed by atoms with van der Waals surface area (Å²) in [6, 6.07) is 0. The number of rotatable bonds is 7. The van der Waals surface area contributed by atoms with Crippen LogP contribution < -0.4 is 0 Å². The number of hydrogen-bond acceptors (Lipinski definition) is 2. The average Bonchev–Trinajstić information content (AvgIpc) is 2.05. The van der Waals surface area contributed by atoms with E-state index in [9.17, 15) is 0 Å². The van der Waals surface area contributed by atoms with Crippen LogP contribution in [0.25, 0.3) is 0 Å². The Kier molecular flexibility index (Phi) is 7.45. The molecular formula is C8H16O2Si. The molecule has 0 rings (SSSR count). The molecule has 0 spiro atoms. The molecule has 0 atom stereocenters. The molecule has 0 radical (unpaired) electrons. The molecule has 0 aromatic heterocycles. The molecule has 3 heteroatoms. The molecule has 2 nitrogen and oxygen atoms in total. The van der Waals surface area contributed by atoms with E-state index in [0.717, 1.165) is 19.6 Å². The third-order valence-corrected chi connectivity index (χ3v) is 2.82. The maximum Gasteiger partial charge on any atom is 0.224 e. The van der Waals surface area contributed by atoms with Crippen molar-refractivity contribution in [3.8, 4) is 0 Å². The molecule has 0 aromatic rings. The molecule has 0 aliphatic heterocycles. The van der Waals surface area contributed by atoms with Crippen molar-refractivity contribution in [3.05, 3.63) is 24.6 Å². The Morgan fingerprint density at radius 1 is 1.27 bits per heavy atom. The average molecular weight is 172 g/mol. The van der Waals surface area contributed by atoms with Gasteiger partial charge in [-0.15, -0.1) is 13.2 Å². The highest BCUT2D eigenvalue weighted by atomic mass is 28.3. The summed E-state index contributed by atoms with van der Waals surface area (Å²) in [5, 5.41) is 0. The molecule has 0 fully saturated rings. The molecule has 0 amide bonds. The lowest BCUT2D eigenvalue weighted by Gasteiger charge is -2.06. The molecular weight excluding hydrogens is 156 g/mol. The van der Waals surface area contributed by atoms with Crippen molar-refractivity contribution in [2.45, 2.75) is 6.42 Å². The van der Waals surface area contributed by atoms with Crippen molar-refractivity contribution in [3.63, 3.8) is 0 Å². The Morgan fingerprint density at radius 3 is 2.36 bits per heavy atom. The first-order chi connectivity index (χ1) is 5.35. The van der Waals surface area contributed by atoms with Crippen molar-refractivity contribution >= 4 is 9.04 Å². The monoisotopic (exact) mass is 172 g/mol. The molecule has 0 bridgehead atoms. The predicted molar refractivity (Wildman–Crippen MR) is 50.0 cm³/mol. The van der Waals surface area contributed by atoms with Crippen LogP contribution in [-0.2, 0) is 9.16 Å². The summed E-state index contributed by atoms with van der Waals surface area (Å²) in [7, 11) is 0.428. The van der Waals surface area contributed by atoms with Crippen molar-refractivity contribution in [2.24, 2.45) is 0 Å². The smallest absolute Gasteiger partial charge is 0.224 e. The maximum atomic E-state index is 5.47. The Morgan fingerprint density at radius 2 is 1.91 bits per heavy atom. The van der Waals surface area contributed by atoms with Gasteiger partial charge in [0.25, 0.3) is 0 Å². The van der Waals surface area contributed by atoms with Gasteiger partial charge in [-0.1, -0.05) is 11.4 Å². The second-order valence-corrected chi connectivity index (χ2v) is 4.36. The highest BCUT2D eigenvalue weighted by Crippen LogP contribution is 1.91. The van der Waals surface area contributed by atoms with Gasteiger partial charge < -0.3 is 9.16 Å². The fraction of sp³-hybridized carbons (Fsp3) is 0.500. The van der Waals surface area contributed by atoms with Gasteiger partial charge in [-0.3, -0.25) is 0 Å². The quantitative estimate of drug-likeness (QED) is 0.424. The third kappa shape index (κ3) is 6.03. The Labute approximate surface area is 70.2 Å². The SMILES string of the molecule is C=C[SiH](C=C)OCCCOC. The third-order valence-electron chi connectivity index (χ3n) is 1.27. The maximum absolute atomic E-state index is 5.47. The van der Waals surface area contributed by atoms with E-state index in [-0.39, 0.29) is 0 Å². The van der Waals surface area contributed by atoms with Crippen molar-refractivity contribution in [1.82, 2.24) is 0 Å². The van der Waals surface area contributed by atoms with E-state index in [4.69, 9.17) is 9.16 Å². The van der Waals surface area contributed by atoms with Crippen LogP contribution in [0, 0.1) is 0 Å². The molecule has 11 heavy (non-hydrogen) atoms. The van der Waals surface area contributed by atoms with Crippen LogP contribution in [0.1, 0.15) is 6.42 Å². The Hall–Kier alpha value is -0.383. The minimum absolute atomic E-state index is 0.753. The first kappa shape index (κ1) is 10.6. The van der Waals surface area contributed by atoms with Gasteiger partial charge >= 0.3 is 0 Å². The predicted octanol–water partition coefficient (Wildman–Crippen LogP) is 1.21. The molecule has 0 N–H and O–H groups in total. The molecule has 0 saturated heterocycles. The minimum atomic E-state index is -1.26. The number of hydrogen-bond donors (Lipinski definition) is 0. The molecule has 0 aliphatic rings. The lowest BCUT2D eigenvalue weighted by atomic mass is 10.5. The van der Waals surface area contributed by atoms with Crippen LogP contribution >= 0.6 is 0 Å². The zero-order valence-electron chi connectivity index (χ0n) is 7.08. The molecule has 64 valence electrons. The van der Waals surface area contributed by atoms with Crippen LogP contribution in [0.3, 0.4) is 0 Å². The van der Waals surface area contributed by atoms with E-state index in [1.54, 1.807) is 7.11 Å². The largest absolute Gasteiger partial charge is 0.412 e. The van der Waals surface area contributed by atoms with Gasteiger partial charge in [0.05, 0.1) is 0 Å². The molecule has 0 aromatic carbocycles. The lowest BCUT2D eigenvalue weighted by molar-refractivity contribution is 0.173. The van der Waals surface area contributed by atoms with Gasteiger partial charge in [-0.05, 0) is 6.42 Å². The van der Waals surface area contributed by atoms with Crippen LogP contribution in [0.2, 0.25) is 0 Å². The van der Waals surface area contributed by atoms with Crippen molar-refractivity contribution in [2.75, 3.05) is 20.3 Å². The zero-order chi connectivity index (χ0) is 8.53. The second kappa shape index (κ2) is 7.72. The van der Waals surface area contributed by atoms with E-state index >= 15 is 0 Å². The summed E-state index contributed by atoms with van der Waals surface area (Å²) in [4.78, 5) is 0. The van der Waals surface area contributed by atoms with E-state index in [1.165, 1.54) is 0 Å². The molecule has 0 unspecified atom stereocenters. The van der Waals surface area contributed by atoms with Gasteiger partial charge in [0.2, 0.25) is 9.04 Å². The fourth-order valence-electron chi connectivity index (χ4n) is 0.655. The van der Waals surface area contributed by atoms with E-state index < -0.39 is 9.04 Å².